The van der Waals surface area contributed by atoms with Crippen LogP contribution in [-0.4, -0.2) is 52.3 Å². The second-order valence-electron chi connectivity index (χ2n) is 6.56. The standard InChI is InChI=1S/C21H22FN3O2/c1-2-20(26)24-10-11-25(19(15-24)12-16-6-4-3-5-7-16)21(27)13-18-9-8-17(22)14-23-18/h2-9,14,19H,1,10-13,15H2. The average Bonchev–Trinajstić information content (AvgIpc) is 2.69. The van der Waals surface area contributed by atoms with Gasteiger partial charge in [0.2, 0.25) is 11.8 Å². The van der Waals surface area contributed by atoms with E-state index in [4.69, 9.17) is 0 Å². The third-order valence-electron chi connectivity index (χ3n) is 4.72. The summed E-state index contributed by atoms with van der Waals surface area (Å²) in [5, 5.41) is 0. The van der Waals surface area contributed by atoms with E-state index >= 15 is 0 Å². The molecule has 1 aliphatic rings. The van der Waals surface area contributed by atoms with Crippen LogP contribution in [0.4, 0.5) is 4.39 Å². The molecule has 140 valence electrons. The van der Waals surface area contributed by atoms with E-state index in [9.17, 15) is 14.0 Å². The number of benzene rings is 1. The van der Waals surface area contributed by atoms with Crippen molar-refractivity contribution in [3.8, 4) is 0 Å². The van der Waals surface area contributed by atoms with Crippen molar-refractivity contribution in [2.75, 3.05) is 19.6 Å². The monoisotopic (exact) mass is 367 g/mol. The number of carbonyl (C=O) groups is 2. The van der Waals surface area contributed by atoms with Gasteiger partial charge < -0.3 is 9.80 Å². The Balaban J connectivity index is 1.75. The first-order valence-electron chi connectivity index (χ1n) is 8.92. The van der Waals surface area contributed by atoms with Crippen LogP contribution < -0.4 is 0 Å². The summed E-state index contributed by atoms with van der Waals surface area (Å²) >= 11 is 0. The number of hydrogen-bond acceptors (Lipinski definition) is 3. The molecule has 1 saturated heterocycles. The van der Waals surface area contributed by atoms with E-state index in [-0.39, 0.29) is 24.3 Å². The molecule has 27 heavy (non-hydrogen) atoms. The third kappa shape index (κ3) is 4.78. The predicted octanol–water partition coefficient (Wildman–Crippen LogP) is 2.23. The molecule has 0 saturated carbocycles. The number of pyridine rings is 1. The Morgan fingerprint density at radius 1 is 1.19 bits per heavy atom. The van der Waals surface area contributed by atoms with E-state index in [1.807, 2.05) is 35.2 Å². The Morgan fingerprint density at radius 3 is 2.63 bits per heavy atom. The van der Waals surface area contributed by atoms with Gasteiger partial charge in [0, 0.05) is 25.3 Å². The van der Waals surface area contributed by atoms with Gasteiger partial charge in [-0.25, -0.2) is 4.39 Å². The van der Waals surface area contributed by atoms with Gasteiger partial charge in [0.05, 0.1) is 18.7 Å². The van der Waals surface area contributed by atoms with E-state index in [1.165, 1.54) is 18.2 Å². The molecule has 3 rings (SSSR count). The summed E-state index contributed by atoms with van der Waals surface area (Å²) in [6.07, 6.45) is 3.19. The number of aromatic nitrogens is 1. The van der Waals surface area contributed by atoms with E-state index in [0.717, 1.165) is 11.8 Å². The summed E-state index contributed by atoms with van der Waals surface area (Å²) in [5.41, 5.74) is 1.64. The lowest BCUT2D eigenvalue weighted by molar-refractivity contribution is -0.140. The molecule has 2 aromatic rings. The van der Waals surface area contributed by atoms with Gasteiger partial charge in [0.1, 0.15) is 5.82 Å². The number of nitrogens with zero attached hydrogens (tertiary/aromatic N) is 3. The van der Waals surface area contributed by atoms with Crippen molar-refractivity contribution in [3.63, 3.8) is 0 Å². The fourth-order valence-corrected chi connectivity index (χ4v) is 3.34. The number of hydrogen-bond donors (Lipinski definition) is 0. The van der Waals surface area contributed by atoms with Gasteiger partial charge in [0.15, 0.2) is 0 Å². The second-order valence-corrected chi connectivity index (χ2v) is 6.56. The number of rotatable bonds is 5. The van der Waals surface area contributed by atoms with Crippen molar-refractivity contribution in [1.82, 2.24) is 14.8 Å². The van der Waals surface area contributed by atoms with Gasteiger partial charge in [-0.05, 0) is 30.2 Å². The maximum atomic E-state index is 13.0. The van der Waals surface area contributed by atoms with Crippen LogP contribution in [0.15, 0.2) is 61.3 Å². The quantitative estimate of drug-likeness (QED) is 0.762. The largest absolute Gasteiger partial charge is 0.335 e. The highest BCUT2D eigenvalue weighted by molar-refractivity contribution is 5.87. The SMILES string of the molecule is C=CC(=O)N1CCN(C(=O)Cc2ccc(F)cn2)C(Cc2ccccc2)C1. The molecule has 0 radical (unpaired) electrons. The minimum atomic E-state index is -0.426. The molecule has 0 N–H and O–H groups in total. The molecule has 1 atom stereocenters. The molecular formula is C21H22FN3O2. The summed E-state index contributed by atoms with van der Waals surface area (Å²) in [7, 11) is 0. The van der Waals surface area contributed by atoms with Gasteiger partial charge in [-0.2, -0.15) is 0 Å². The van der Waals surface area contributed by atoms with Crippen molar-refractivity contribution < 1.29 is 14.0 Å². The van der Waals surface area contributed by atoms with Crippen LogP contribution in [0.5, 0.6) is 0 Å². The lowest BCUT2D eigenvalue weighted by Crippen LogP contribution is -2.57. The van der Waals surface area contributed by atoms with Crippen molar-refractivity contribution in [3.05, 3.63) is 78.4 Å². The molecule has 0 aliphatic carbocycles. The number of carbonyl (C=O) groups excluding carboxylic acids is 2. The van der Waals surface area contributed by atoms with Crippen molar-refractivity contribution in [2.24, 2.45) is 0 Å². The van der Waals surface area contributed by atoms with Crippen LogP contribution in [0.25, 0.3) is 0 Å². The fourth-order valence-electron chi connectivity index (χ4n) is 3.34. The third-order valence-corrected chi connectivity index (χ3v) is 4.72. The maximum absolute atomic E-state index is 13.0. The first-order valence-corrected chi connectivity index (χ1v) is 8.92. The average molecular weight is 367 g/mol. The highest BCUT2D eigenvalue weighted by atomic mass is 19.1. The van der Waals surface area contributed by atoms with Crippen molar-refractivity contribution in [2.45, 2.75) is 18.9 Å². The zero-order valence-electron chi connectivity index (χ0n) is 15.1. The Bertz CT molecular complexity index is 808. The fraction of sp³-hybridized carbons (Fsp3) is 0.286. The molecule has 1 aliphatic heterocycles. The van der Waals surface area contributed by atoms with Crippen molar-refractivity contribution in [1.29, 1.82) is 0 Å². The summed E-state index contributed by atoms with van der Waals surface area (Å²) < 4.78 is 13.0. The minimum absolute atomic E-state index is 0.0688. The number of piperazine rings is 1. The molecule has 0 spiro atoms. The molecular weight excluding hydrogens is 345 g/mol. The second kappa shape index (κ2) is 8.58. The smallest absolute Gasteiger partial charge is 0.246 e. The Hall–Kier alpha value is -3.02. The van der Waals surface area contributed by atoms with Gasteiger partial charge >= 0.3 is 0 Å². The molecule has 1 fully saturated rings. The first kappa shape index (κ1) is 18.8. The molecule has 2 heterocycles. The zero-order valence-corrected chi connectivity index (χ0v) is 15.1. The van der Waals surface area contributed by atoms with Gasteiger partial charge in [-0.3, -0.25) is 14.6 Å². The number of amides is 2. The zero-order chi connectivity index (χ0) is 19.2. The van der Waals surface area contributed by atoms with Gasteiger partial charge in [-0.1, -0.05) is 36.9 Å². The maximum Gasteiger partial charge on any atom is 0.246 e. The highest BCUT2D eigenvalue weighted by Gasteiger charge is 2.31. The lowest BCUT2D eigenvalue weighted by atomic mass is 10.0. The topological polar surface area (TPSA) is 53.5 Å². The van der Waals surface area contributed by atoms with E-state index < -0.39 is 5.82 Å². The summed E-state index contributed by atoms with van der Waals surface area (Å²) in [4.78, 5) is 32.4. The van der Waals surface area contributed by atoms with Crippen LogP contribution in [0.2, 0.25) is 0 Å². The first-order chi connectivity index (χ1) is 13.1. The van der Waals surface area contributed by atoms with Crippen LogP contribution in [0, 0.1) is 5.82 Å². The molecule has 1 aromatic heterocycles. The molecule has 5 nitrogen and oxygen atoms in total. The number of halogens is 1. The predicted molar refractivity (Wildman–Crippen MR) is 100 cm³/mol. The molecule has 1 unspecified atom stereocenters. The highest BCUT2D eigenvalue weighted by Crippen LogP contribution is 2.17. The van der Waals surface area contributed by atoms with Crippen LogP contribution in [-0.2, 0) is 22.4 Å². The molecule has 0 bridgehead atoms. The normalized spacial score (nSPS) is 16.9. The molecule has 2 amide bonds. The summed E-state index contributed by atoms with van der Waals surface area (Å²) in [6.45, 7) is 4.94. The van der Waals surface area contributed by atoms with Crippen LogP contribution >= 0.6 is 0 Å². The van der Waals surface area contributed by atoms with Crippen LogP contribution in [0.1, 0.15) is 11.3 Å². The molecule has 6 heteroatoms. The van der Waals surface area contributed by atoms with Gasteiger partial charge in [0.25, 0.3) is 0 Å². The van der Waals surface area contributed by atoms with E-state index in [2.05, 4.69) is 11.6 Å². The van der Waals surface area contributed by atoms with Crippen molar-refractivity contribution >= 4 is 11.8 Å². The van der Waals surface area contributed by atoms with Gasteiger partial charge in [-0.15, -0.1) is 0 Å². The Kier molecular flexibility index (Phi) is 5.96. The minimum Gasteiger partial charge on any atom is -0.335 e. The van der Waals surface area contributed by atoms with E-state index in [0.29, 0.717) is 31.7 Å². The molecule has 1 aromatic carbocycles. The summed E-state index contributed by atoms with van der Waals surface area (Å²) in [6, 6.07) is 12.6. The lowest BCUT2D eigenvalue weighted by Gasteiger charge is -2.41. The van der Waals surface area contributed by atoms with E-state index in [1.54, 1.807) is 4.90 Å². The van der Waals surface area contributed by atoms with Crippen LogP contribution in [0.3, 0.4) is 0 Å². The Morgan fingerprint density at radius 2 is 1.96 bits per heavy atom. The Labute approximate surface area is 158 Å². The summed E-state index contributed by atoms with van der Waals surface area (Å²) in [5.74, 6) is -0.620.